The average Bonchev–Trinajstić information content (AvgIpc) is 3.70. The largest absolute Gasteiger partial charge is 0.484 e. The van der Waals surface area contributed by atoms with Crippen LogP contribution in [-0.2, 0) is 48.0 Å². The number of fused-ring (bicyclic) bond motifs is 16. The number of hydrogen-bond acceptors (Lipinski definition) is 10. The molecule has 1 aromatic heterocycles. The van der Waals surface area contributed by atoms with Crippen LogP contribution < -0.4 is 31.3 Å². The first-order valence-corrected chi connectivity index (χ1v) is 18.7. The molecule has 0 saturated carbocycles. The zero-order valence-corrected chi connectivity index (χ0v) is 31.5. The molecule has 6 N–H and O–H groups in total. The Morgan fingerprint density at radius 2 is 1.72 bits per heavy atom. The number of aryl methyl sites for hydroxylation is 2. The molecule has 3 aromatic rings. The van der Waals surface area contributed by atoms with Crippen molar-refractivity contribution in [3.8, 4) is 5.75 Å². The van der Waals surface area contributed by atoms with E-state index >= 15 is 0 Å². The van der Waals surface area contributed by atoms with Crippen molar-refractivity contribution >= 4 is 46.8 Å². The smallest absolute Gasteiger partial charge is 0.258 e. The summed E-state index contributed by atoms with van der Waals surface area (Å²) in [5.41, 5.74) is 2.38. The van der Waals surface area contributed by atoms with Crippen LogP contribution in [-0.4, -0.2) is 106 Å². The highest BCUT2D eigenvalue weighted by Crippen LogP contribution is 2.23. The number of hydrogen-bond donors (Lipinski definition) is 6. The molecule has 288 valence electrons. The summed E-state index contributed by atoms with van der Waals surface area (Å²) in [6.45, 7) is 6.29. The van der Waals surface area contributed by atoms with Gasteiger partial charge in [-0.1, -0.05) is 42.5 Å². The quantitative estimate of drug-likeness (QED) is 0.190. The van der Waals surface area contributed by atoms with Crippen molar-refractivity contribution in [2.75, 3.05) is 19.7 Å². The minimum absolute atomic E-state index is 0.0118. The topological polar surface area (TPSA) is 208 Å². The predicted molar refractivity (Wildman–Crippen MR) is 199 cm³/mol. The maximum Gasteiger partial charge on any atom is 0.258 e. The molecule has 2 aromatic carbocycles. The van der Waals surface area contributed by atoms with Crippen LogP contribution in [0.15, 0.2) is 54.6 Å². The fourth-order valence-electron chi connectivity index (χ4n) is 6.49. The molecule has 6 amide bonds. The maximum absolute atomic E-state index is 14.5. The number of carbonyl (C=O) groups is 6. The van der Waals surface area contributed by atoms with Crippen LogP contribution in [0.1, 0.15) is 47.0 Å². The Labute approximate surface area is 317 Å². The maximum atomic E-state index is 14.5. The highest BCUT2D eigenvalue weighted by molar-refractivity contribution is 7.11. The molecule has 1 saturated heterocycles. The normalized spacial score (nSPS) is 23.8. The Balaban J connectivity index is 1.44. The van der Waals surface area contributed by atoms with Gasteiger partial charge in [0.25, 0.3) is 5.91 Å². The molecular weight excluding hydrogens is 715 g/mol. The van der Waals surface area contributed by atoms with Gasteiger partial charge >= 0.3 is 0 Å². The van der Waals surface area contributed by atoms with Gasteiger partial charge in [-0.05, 0) is 63.8 Å². The van der Waals surface area contributed by atoms with E-state index in [1.54, 1.807) is 36.4 Å². The van der Waals surface area contributed by atoms with Gasteiger partial charge in [-0.15, -0.1) is 11.3 Å². The number of nitrogens with zero attached hydrogens (tertiary/aromatic N) is 2. The summed E-state index contributed by atoms with van der Waals surface area (Å²) in [5, 5.41) is 25.1. The minimum atomic E-state index is -1.48. The molecule has 16 heteroatoms. The standard InChI is InChI=1S/C38H47N7O8S/c1-21-31(54-24(4)40-21)18-32(47)42-27-17-30-36(50)44-34(23(3)46)37(51)41-22(2)35(49)39-15-14-25-10-12-28(13-11-25)53-20-33(48)43-29(38(52)45(30)19-27)16-26-8-6-5-7-9-26/h5-13,22-23,27,29-30,34,46H,14-20H2,1-4H3,(H,39,49)(H,41,51)(H,42,47)(H,43,48)(H,44,50)/t22-,23+,27-,29-,30-,34-/m0/s1. The number of benzene rings is 2. The lowest BCUT2D eigenvalue weighted by Crippen LogP contribution is -2.60. The second-order valence-electron chi connectivity index (χ2n) is 13.7. The average molecular weight is 762 g/mol. The van der Waals surface area contributed by atoms with Crippen LogP contribution in [0.2, 0.25) is 0 Å². The van der Waals surface area contributed by atoms with E-state index in [1.807, 2.05) is 32.0 Å². The van der Waals surface area contributed by atoms with Crippen molar-refractivity contribution in [1.82, 2.24) is 36.5 Å². The lowest BCUT2D eigenvalue weighted by molar-refractivity contribution is -0.143. The van der Waals surface area contributed by atoms with Crippen molar-refractivity contribution in [3.63, 3.8) is 0 Å². The molecule has 6 atom stereocenters. The monoisotopic (exact) mass is 761 g/mol. The summed E-state index contributed by atoms with van der Waals surface area (Å²) in [7, 11) is 0. The third-order valence-corrected chi connectivity index (χ3v) is 10.4. The number of carbonyl (C=O) groups excluding carboxylic acids is 6. The van der Waals surface area contributed by atoms with Crippen LogP contribution in [0.4, 0.5) is 0 Å². The highest BCUT2D eigenvalue weighted by atomic mass is 32.1. The van der Waals surface area contributed by atoms with Crippen LogP contribution in [0.5, 0.6) is 5.75 Å². The van der Waals surface area contributed by atoms with E-state index in [9.17, 15) is 33.9 Å². The molecule has 0 unspecified atom stereocenters. The molecule has 2 bridgehead atoms. The number of nitrogens with one attached hydrogen (secondary N) is 5. The fraction of sp³-hybridized carbons (Fsp3) is 0.447. The molecule has 1 fully saturated rings. The number of rotatable bonds is 6. The third-order valence-electron chi connectivity index (χ3n) is 9.31. The summed E-state index contributed by atoms with van der Waals surface area (Å²) in [5.74, 6) is -3.09. The lowest BCUT2D eigenvalue weighted by Gasteiger charge is -2.30. The van der Waals surface area contributed by atoms with Gasteiger partial charge in [-0.3, -0.25) is 28.8 Å². The van der Waals surface area contributed by atoms with Crippen molar-refractivity contribution < 1.29 is 38.6 Å². The van der Waals surface area contributed by atoms with E-state index in [2.05, 4.69) is 31.6 Å². The SMILES string of the molecule is Cc1nc(C)c(CC(=O)N[C@H]2C[C@H]3C(=O)N[C@@H]([C@@H](C)O)C(=O)N[C@@H](C)C(=O)NCCc4ccc(cc4)OCC(=O)N[C@@H](Cc4ccccc4)C(=O)N3C2)s1. The van der Waals surface area contributed by atoms with Crippen LogP contribution >= 0.6 is 11.3 Å². The summed E-state index contributed by atoms with van der Waals surface area (Å²) >= 11 is 1.41. The molecule has 54 heavy (non-hydrogen) atoms. The molecule has 3 aliphatic rings. The first-order valence-electron chi connectivity index (χ1n) is 17.9. The van der Waals surface area contributed by atoms with Crippen molar-refractivity contribution in [3.05, 3.63) is 81.3 Å². The van der Waals surface area contributed by atoms with Gasteiger partial charge in [0.05, 0.1) is 23.2 Å². The number of thiazole rings is 1. The van der Waals surface area contributed by atoms with Gasteiger partial charge in [-0.25, -0.2) is 4.98 Å². The van der Waals surface area contributed by atoms with E-state index in [4.69, 9.17) is 4.74 Å². The molecule has 6 rings (SSSR count). The fourth-order valence-corrected chi connectivity index (χ4v) is 7.42. The molecule has 0 spiro atoms. The van der Waals surface area contributed by atoms with Gasteiger partial charge in [0, 0.05) is 30.4 Å². The molecule has 0 radical (unpaired) electrons. The number of ether oxygens (including phenoxy) is 1. The van der Waals surface area contributed by atoms with E-state index < -0.39 is 72.5 Å². The van der Waals surface area contributed by atoms with Crippen molar-refractivity contribution in [2.45, 2.75) is 89.7 Å². The van der Waals surface area contributed by atoms with Crippen LogP contribution in [0.25, 0.3) is 0 Å². The van der Waals surface area contributed by atoms with E-state index in [0.29, 0.717) is 12.2 Å². The number of aliphatic hydroxyl groups is 1. The number of aromatic nitrogens is 1. The zero-order valence-electron chi connectivity index (χ0n) is 30.7. The lowest BCUT2D eigenvalue weighted by atomic mass is 10.0. The Morgan fingerprint density at radius 3 is 2.39 bits per heavy atom. The molecule has 3 aliphatic heterocycles. The molecule has 4 heterocycles. The van der Waals surface area contributed by atoms with Gasteiger partial charge in [0.15, 0.2) is 6.61 Å². The molecule has 15 nitrogen and oxygen atoms in total. The van der Waals surface area contributed by atoms with Crippen LogP contribution in [0, 0.1) is 13.8 Å². The summed E-state index contributed by atoms with van der Waals surface area (Å²) < 4.78 is 5.73. The third kappa shape index (κ3) is 10.6. The second kappa shape index (κ2) is 18.1. The zero-order chi connectivity index (χ0) is 38.9. The summed E-state index contributed by atoms with van der Waals surface area (Å²) in [6, 6.07) is 10.6. The Kier molecular flexibility index (Phi) is 13.4. The first-order chi connectivity index (χ1) is 25.8. The van der Waals surface area contributed by atoms with Gasteiger partial charge in [0.1, 0.15) is 29.9 Å². The number of aliphatic hydroxyl groups excluding tert-OH is 1. The Bertz CT molecular complexity index is 1830. The van der Waals surface area contributed by atoms with E-state index in [-0.39, 0.29) is 38.3 Å². The molecule has 0 aliphatic carbocycles. The Morgan fingerprint density at radius 1 is 1.00 bits per heavy atom. The molecular formula is C38H47N7O8S. The minimum Gasteiger partial charge on any atom is -0.484 e. The first kappa shape index (κ1) is 39.8. The summed E-state index contributed by atoms with van der Waals surface area (Å²) in [4.78, 5) is 87.7. The highest BCUT2D eigenvalue weighted by Gasteiger charge is 2.44. The van der Waals surface area contributed by atoms with E-state index in [1.165, 1.54) is 30.1 Å². The number of amides is 6. The van der Waals surface area contributed by atoms with Crippen molar-refractivity contribution in [1.29, 1.82) is 0 Å². The Hall–Kier alpha value is -5.35. The van der Waals surface area contributed by atoms with Gasteiger partial charge in [0.2, 0.25) is 29.5 Å². The van der Waals surface area contributed by atoms with Crippen LogP contribution in [0.3, 0.4) is 0 Å². The van der Waals surface area contributed by atoms with Gasteiger partial charge < -0.3 is 41.3 Å². The van der Waals surface area contributed by atoms with Crippen molar-refractivity contribution in [2.24, 2.45) is 0 Å². The van der Waals surface area contributed by atoms with E-state index in [0.717, 1.165) is 26.7 Å². The summed E-state index contributed by atoms with van der Waals surface area (Å²) in [6.07, 6.45) is -0.765. The van der Waals surface area contributed by atoms with Gasteiger partial charge in [-0.2, -0.15) is 0 Å². The predicted octanol–water partition coefficient (Wildman–Crippen LogP) is 0.237. The second-order valence-corrected chi connectivity index (χ2v) is 15.0.